The average Bonchev–Trinajstić information content (AvgIpc) is 2.84. The fourth-order valence-electron chi connectivity index (χ4n) is 2.08. The molecule has 0 saturated carbocycles. The second-order valence-corrected chi connectivity index (χ2v) is 6.97. The Morgan fingerprint density at radius 1 is 1.58 bits per heavy atom. The van der Waals surface area contributed by atoms with Gasteiger partial charge in [-0.2, -0.15) is 0 Å². The van der Waals surface area contributed by atoms with Gasteiger partial charge in [0.05, 0.1) is 17.5 Å². The molecule has 8 nitrogen and oxygen atoms in total. The van der Waals surface area contributed by atoms with Crippen LogP contribution in [0.3, 0.4) is 0 Å². The highest BCUT2D eigenvalue weighted by Crippen LogP contribution is 2.12. The van der Waals surface area contributed by atoms with Crippen LogP contribution in [0.15, 0.2) is 6.33 Å². The number of urea groups is 1. The highest BCUT2D eigenvalue weighted by molar-refractivity contribution is 7.91. The summed E-state index contributed by atoms with van der Waals surface area (Å²) in [6.45, 7) is 1.79. The number of carbonyl (C=O) groups is 1. The summed E-state index contributed by atoms with van der Waals surface area (Å²) in [5, 5.41) is 13.0. The number of sulfone groups is 1. The molecule has 19 heavy (non-hydrogen) atoms. The normalized spacial score (nSPS) is 22.9. The van der Waals surface area contributed by atoms with Gasteiger partial charge in [-0.1, -0.05) is 0 Å². The molecule has 0 spiro atoms. The SMILES string of the molecule is C[C@@H](NC(=O)N[C@@H]1CCS(=O)(=O)C1)c1nncn1C. The van der Waals surface area contributed by atoms with E-state index in [0.717, 1.165) is 0 Å². The van der Waals surface area contributed by atoms with Crippen molar-refractivity contribution in [2.75, 3.05) is 11.5 Å². The maximum absolute atomic E-state index is 11.8. The van der Waals surface area contributed by atoms with Gasteiger partial charge >= 0.3 is 6.03 Å². The number of aryl methyl sites for hydroxylation is 1. The Labute approximate surface area is 111 Å². The molecular formula is C10H17N5O3S. The van der Waals surface area contributed by atoms with Crippen molar-refractivity contribution in [2.45, 2.75) is 25.4 Å². The Hall–Kier alpha value is -1.64. The average molecular weight is 287 g/mol. The number of nitrogens with one attached hydrogen (secondary N) is 2. The van der Waals surface area contributed by atoms with Gasteiger partial charge in [0.1, 0.15) is 6.33 Å². The van der Waals surface area contributed by atoms with Crippen LogP contribution in [-0.2, 0) is 16.9 Å². The summed E-state index contributed by atoms with van der Waals surface area (Å²) in [5.74, 6) is 0.782. The van der Waals surface area contributed by atoms with Gasteiger partial charge in [0.15, 0.2) is 15.7 Å². The molecular weight excluding hydrogens is 270 g/mol. The number of rotatable bonds is 3. The zero-order valence-corrected chi connectivity index (χ0v) is 11.6. The minimum absolute atomic E-state index is 0.0127. The lowest BCUT2D eigenvalue weighted by Gasteiger charge is -2.16. The second-order valence-electron chi connectivity index (χ2n) is 4.74. The van der Waals surface area contributed by atoms with E-state index < -0.39 is 15.9 Å². The van der Waals surface area contributed by atoms with Gasteiger partial charge < -0.3 is 15.2 Å². The van der Waals surface area contributed by atoms with Crippen molar-refractivity contribution in [1.82, 2.24) is 25.4 Å². The van der Waals surface area contributed by atoms with E-state index in [2.05, 4.69) is 20.8 Å². The third-order valence-corrected chi connectivity index (χ3v) is 4.82. The lowest BCUT2D eigenvalue weighted by atomic mass is 10.2. The molecule has 0 aromatic carbocycles. The third kappa shape index (κ3) is 3.43. The smallest absolute Gasteiger partial charge is 0.315 e. The van der Waals surface area contributed by atoms with Crippen molar-refractivity contribution >= 4 is 15.9 Å². The first kappa shape index (κ1) is 13.8. The number of carbonyl (C=O) groups excluding carboxylic acids is 1. The van der Waals surface area contributed by atoms with Crippen molar-refractivity contribution in [3.8, 4) is 0 Å². The highest BCUT2D eigenvalue weighted by Gasteiger charge is 2.29. The number of nitrogens with zero attached hydrogens (tertiary/aromatic N) is 3. The molecule has 106 valence electrons. The van der Waals surface area contributed by atoms with Gasteiger partial charge in [-0.3, -0.25) is 0 Å². The van der Waals surface area contributed by atoms with E-state index in [1.165, 1.54) is 0 Å². The van der Waals surface area contributed by atoms with Crippen LogP contribution in [0.5, 0.6) is 0 Å². The molecule has 1 aliphatic rings. The molecule has 2 N–H and O–H groups in total. The monoisotopic (exact) mass is 287 g/mol. The molecule has 1 fully saturated rings. The standard InChI is InChI=1S/C10H17N5O3S/c1-7(9-14-11-6-15(9)2)12-10(16)13-8-3-4-19(17,18)5-8/h6-8H,3-5H2,1-2H3,(H2,12,13,16)/t7-,8-/m1/s1. The zero-order valence-electron chi connectivity index (χ0n) is 10.8. The molecule has 0 bridgehead atoms. The van der Waals surface area contributed by atoms with Gasteiger partial charge in [-0.25, -0.2) is 13.2 Å². The zero-order chi connectivity index (χ0) is 14.0. The van der Waals surface area contributed by atoms with E-state index in [-0.39, 0.29) is 23.6 Å². The minimum atomic E-state index is -2.99. The fourth-order valence-corrected chi connectivity index (χ4v) is 3.75. The molecule has 2 atom stereocenters. The summed E-state index contributed by atoms with van der Waals surface area (Å²) in [5.41, 5.74) is 0. The van der Waals surface area contributed by atoms with Crippen LogP contribution in [0.4, 0.5) is 4.79 Å². The van der Waals surface area contributed by atoms with Crippen molar-refractivity contribution in [1.29, 1.82) is 0 Å². The van der Waals surface area contributed by atoms with Gasteiger partial charge in [0, 0.05) is 13.1 Å². The maximum Gasteiger partial charge on any atom is 0.315 e. The molecule has 1 saturated heterocycles. The first-order valence-corrected chi connectivity index (χ1v) is 7.81. The van der Waals surface area contributed by atoms with Crippen LogP contribution >= 0.6 is 0 Å². The third-order valence-electron chi connectivity index (χ3n) is 3.05. The quantitative estimate of drug-likeness (QED) is 0.769. The minimum Gasteiger partial charge on any atom is -0.334 e. The summed E-state index contributed by atoms with van der Waals surface area (Å²) in [6, 6.07) is -1.00. The van der Waals surface area contributed by atoms with Gasteiger partial charge in [-0.15, -0.1) is 10.2 Å². The molecule has 1 aliphatic heterocycles. The van der Waals surface area contributed by atoms with E-state index in [1.807, 2.05) is 0 Å². The fraction of sp³-hybridized carbons (Fsp3) is 0.700. The largest absolute Gasteiger partial charge is 0.334 e. The van der Waals surface area contributed by atoms with Crippen LogP contribution in [-0.4, -0.2) is 46.8 Å². The summed E-state index contributed by atoms with van der Waals surface area (Å²) in [7, 11) is -1.20. The first-order chi connectivity index (χ1) is 8.87. The molecule has 2 rings (SSSR count). The van der Waals surface area contributed by atoms with Crippen molar-refractivity contribution in [3.63, 3.8) is 0 Å². The first-order valence-electron chi connectivity index (χ1n) is 5.99. The van der Waals surface area contributed by atoms with Crippen LogP contribution < -0.4 is 10.6 Å². The van der Waals surface area contributed by atoms with Crippen molar-refractivity contribution < 1.29 is 13.2 Å². The predicted molar refractivity (Wildman–Crippen MR) is 68.1 cm³/mol. The molecule has 0 aliphatic carbocycles. The molecule has 9 heteroatoms. The lowest BCUT2D eigenvalue weighted by molar-refractivity contribution is 0.234. The Bertz CT molecular complexity index is 567. The Kier molecular flexibility index (Phi) is 3.74. The van der Waals surface area contributed by atoms with Crippen LogP contribution in [0.1, 0.15) is 25.2 Å². The lowest BCUT2D eigenvalue weighted by Crippen LogP contribution is -2.43. The van der Waals surface area contributed by atoms with Crippen LogP contribution in [0.2, 0.25) is 0 Å². The molecule has 0 radical (unpaired) electrons. The topological polar surface area (TPSA) is 106 Å². The Morgan fingerprint density at radius 2 is 2.32 bits per heavy atom. The summed E-state index contributed by atoms with van der Waals surface area (Å²) < 4.78 is 24.3. The number of amides is 2. The Balaban J connectivity index is 1.87. The summed E-state index contributed by atoms with van der Waals surface area (Å²) in [6.07, 6.45) is 2.02. The molecule has 2 amide bonds. The summed E-state index contributed by atoms with van der Waals surface area (Å²) in [4.78, 5) is 11.8. The summed E-state index contributed by atoms with van der Waals surface area (Å²) >= 11 is 0. The van der Waals surface area contributed by atoms with Gasteiger partial charge in [-0.05, 0) is 13.3 Å². The molecule has 2 heterocycles. The van der Waals surface area contributed by atoms with E-state index in [4.69, 9.17) is 0 Å². The van der Waals surface area contributed by atoms with E-state index in [1.54, 1.807) is 24.9 Å². The molecule has 1 aromatic rings. The van der Waals surface area contributed by atoms with Crippen LogP contribution in [0, 0.1) is 0 Å². The van der Waals surface area contributed by atoms with Gasteiger partial charge in [0.25, 0.3) is 0 Å². The number of hydrogen-bond donors (Lipinski definition) is 2. The molecule has 0 unspecified atom stereocenters. The van der Waals surface area contributed by atoms with E-state index >= 15 is 0 Å². The van der Waals surface area contributed by atoms with Gasteiger partial charge in [0.2, 0.25) is 0 Å². The van der Waals surface area contributed by atoms with E-state index in [0.29, 0.717) is 12.2 Å². The highest BCUT2D eigenvalue weighted by atomic mass is 32.2. The van der Waals surface area contributed by atoms with Crippen molar-refractivity contribution in [2.24, 2.45) is 7.05 Å². The maximum atomic E-state index is 11.8. The second kappa shape index (κ2) is 5.16. The van der Waals surface area contributed by atoms with E-state index in [9.17, 15) is 13.2 Å². The van der Waals surface area contributed by atoms with Crippen LogP contribution in [0.25, 0.3) is 0 Å². The van der Waals surface area contributed by atoms with Crippen molar-refractivity contribution in [3.05, 3.63) is 12.2 Å². The number of aromatic nitrogens is 3. The molecule has 1 aromatic heterocycles. The predicted octanol–water partition coefficient (Wildman–Crippen LogP) is -0.638. The Morgan fingerprint density at radius 3 is 2.84 bits per heavy atom. The number of hydrogen-bond acceptors (Lipinski definition) is 5.